The van der Waals surface area contributed by atoms with Crippen LogP contribution in [0.2, 0.25) is 0 Å². The largest absolute Gasteiger partial charge is 0.490 e. The van der Waals surface area contributed by atoms with Crippen LogP contribution in [0.5, 0.6) is 11.5 Å². The van der Waals surface area contributed by atoms with Gasteiger partial charge in [0.1, 0.15) is 0 Å². The first-order valence-electron chi connectivity index (χ1n) is 8.09. The van der Waals surface area contributed by atoms with Crippen LogP contribution in [0.3, 0.4) is 0 Å². The molecular formula is C17H28N2O2. The molecule has 4 heteroatoms. The molecule has 0 bridgehead atoms. The fourth-order valence-corrected chi connectivity index (χ4v) is 2.75. The minimum Gasteiger partial charge on any atom is -0.490 e. The third-order valence-corrected chi connectivity index (χ3v) is 3.70. The van der Waals surface area contributed by atoms with Gasteiger partial charge in [0.05, 0.1) is 13.2 Å². The summed E-state index contributed by atoms with van der Waals surface area (Å²) in [7, 11) is 0. The highest BCUT2D eigenvalue weighted by Crippen LogP contribution is 2.32. The van der Waals surface area contributed by atoms with Gasteiger partial charge in [0.2, 0.25) is 0 Å². The molecule has 0 aliphatic carbocycles. The van der Waals surface area contributed by atoms with Gasteiger partial charge in [-0.15, -0.1) is 0 Å². The smallest absolute Gasteiger partial charge is 0.163 e. The van der Waals surface area contributed by atoms with Crippen LogP contribution < -0.4 is 19.7 Å². The van der Waals surface area contributed by atoms with Crippen molar-refractivity contribution in [1.29, 1.82) is 0 Å². The summed E-state index contributed by atoms with van der Waals surface area (Å²) >= 11 is 0. The summed E-state index contributed by atoms with van der Waals surface area (Å²) in [5, 5.41) is 3.50. The molecule has 0 radical (unpaired) electrons. The first kappa shape index (κ1) is 16.0. The Bertz CT molecular complexity index is 437. The Labute approximate surface area is 128 Å². The van der Waals surface area contributed by atoms with E-state index in [1.54, 1.807) is 0 Å². The lowest BCUT2D eigenvalue weighted by Gasteiger charge is -2.31. The van der Waals surface area contributed by atoms with Gasteiger partial charge in [0.15, 0.2) is 11.5 Å². The highest BCUT2D eigenvalue weighted by Gasteiger charge is 2.16. The molecular weight excluding hydrogens is 264 g/mol. The molecule has 1 N–H and O–H groups in total. The van der Waals surface area contributed by atoms with E-state index < -0.39 is 0 Å². The zero-order chi connectivity index (χ0) is 15.1. The normalized spacial score (nSPS) is 19.8. The predicted octanol–water partition coefficient (Wildman–Crippen LogP) is 2.92. The van der Waals surface area contributed by atoms with Crippen LogP contribution in [0.4, 0.5) is 5.69 Å². The molecule has 1 saturated heterocycles. The molecule has 1 aromatic carbocycles. The topological polar surface area (TPSA) is 33.7 Å². The number of nitrogens with one attached hydrogen (secondary N) is 1. The Balaban J connectivity index is 2.18. The summed E-state index contributed by atoms with van der Waals surface area (Å²) in [4.78, 5) is 2.46. The fourth-order valence-electron chi connectivity index (χ4n) is 2.75. The lowest BCUT2D eigenvalue weighted by Crippen LogP contribution is -2.38. The first-order valence-corrected chi connectivity index (χ1v) is 8.09. The van der Waals surface area contributed by atoms with Gasteiger partial charge in [-0.2, -0.15) is 0 Å². The molecule has 0 amide bonds. The number of benzene rings is 1. The number of anilines is 1. The van der Waals surface area contributed by atoms with Crippen molar-refractivity contribution in [1.82, 2.24) is 5.32 Å². The number of rotatable bonds is 5. The fraction of sp³-hybridized carbons (Fsp3) is 0.647. The van der Waals surface area contributed by atoms with Crippen LogP contribution >= 0.6 is 0 Å². The maximum Gasteiger partial charge on any atom is 0.163 e. The molecule has 0 saturated carbocycles. The van der Waals surface area contributed by atoms with Crippen LogP contribution in [0.25, 0.3) is 0 Å². The molecule has 0 spiro atoms. The van der Waals surface area contributed by atoms with E-state index in [1.165, 1.54) is 12.1 Å². The van der Waals surface area contributed by atoms with Gasteiger partial charge in [-0.3, -0.25) is 0 Å². The van der Waals surface area contributed by atoms with Crippen molar-refractivity contribution in [3.05, 3.63) is 18.2 Å². The van der Waals surface area contributed by atoms with E-state index in [4.69, 9.17) is 9.47 Å². The molecule has 1 aromatic rings. The van der Waals surface area contributed by atoms with Gasteiger partial charge in [0, 0.05) is 24.8 Å². The van der Waals surface area contributed by atoms with E-state index in [-0.39, 0.29) is 0 Å². The minimum atomic E-state index is 0.646. The third kappa shape index (κ3) is 4.53. The highest BCUT2D eigenvalue weighted by atomic mass is 16.5. The predicted molar refractivity (Wildman–Crippen MR) is 87.6 cm³/mol. The van der Waals surface area contributed by atoms with E-state index in [9.17, 15) is 0 Å². The summed E-state index contributed by atoms with van der Waals surface area (Å²) in [6.07, 6.45) is 1.17. The molecule has 1 aliphatic heterocycles. The standard InChI is InChI=1S/C17H28N2O2/c1-4-20-16-8-7-15(11-17(16)21-5-2)19-10-6-9-18-12-14(3)13-19/h7-8,11,14,18H,4-6,9-10,12-13H2,1-3H3. The van der Waals surface area contributed by atoms with Crippen molar-refractivity contribution in [2.24, 2.45) is 5.92 Å². The Morgan fingerprint density at radius 1 is 1.19 bits per heavy atom. The van der Waals surface area contributed by atoms with Crippen molar-refractivity contribution in [2.75, 3.05) is 44.3 Å². The monoisotopic (exact) mass is 292 g/mol. The molecule has 4 nitrogen and oxygen atoms in total. The minimum absolute atomic E-state index is 0.646. The SMILES string of the molecule is CCOc1ccc(N2CCCNCC(C)C2)cc1OCC. The number of hydrogen-bond donors (Lipinski definition) is 1. The Morgan fingerprint density at radius 2 is 1.95 bits per heavy atom. The average molecular weight is 292 g/mol. The first-order chi connectivity index (χ1) is 10.2. The van der Waals surface area contributed by atoms with Crippen LogP contribution in [0.15, 0.2) is 18.2 Å². The van der Waals surface area contributed by atoms with Crippen LogP contribution in [-0.4, -0.2) is 39.4 Å². The molecule has 1 unspecified atom stereocenters. The summed E-state index contributed by atoms with van der Waals surface area (Å²) < 4.78 is 11.4. The summed E-state index contributed by atoms with van der Waals surface area (Å²) in [6, 6.07) is 6.30. The van der Waals surface area contributed by atoms with E-state index in [1.807, 2.05) is 19.9 Å². The van der Waals surface area contributed by atoms with Gasteiger partial charge in [-0.1, -0.05) is 6.92 Å². The second kappa shape index (κ2) is 8.13. The number of ether oxygens (including phenoxy) is 2. The molecule has 21 heavy (non-hydrogen) atoms. The number of hydrogen-bond acceptors (Lipinski definition) is 4. The summed E-state index contributed by atoms with van der Waals surface area (Å²) in [6.45, 7) is 12.0. The van der Waals surface area contributed by atoms with Crippen LogP contribution in [-0.2, 0) is 0 Å². The van der Waals surface area contributed by atoms with E-state index >= 15 is 0 Å². The van der Waals surface area contributed by atoms with Gasteiger partial charge < -0.3 is 19.7 Å². The average Bonchev–Trinajstić information content (AvgIpc) is 2.45. The van der Waals surface area contributed by atoms with Gasteiger partial charge >= 0.3 is 0 Å². The second-order valence-electron chi connectivity index (χ2n) is 5.61. The molecule has 2 rings (SSSR count). The number of nitrogens with zero attached hydrogens (tertiary/aromatic N) is 1. The Morgan fingerprint density at radius 3 is 2.71 bits per heavy atom. The molecule has 118 valence electrons. The highest BCUT2D eigenvalue weighted by molar-refractivity contribution is 5.56. The van der Waals surface area contributed by atoms with E-state index in [0.29, 0.717) is 19.1 Å². The molecule has 1 heterocycles. The maximum absolute atomic E-state index is 5.74. The van der Waals surface area contributed by atoms with E-state index in [0.717, 1.165) is 37.7 Å². The van der Waals surface area contributed by atoms with Gasteiger partial charge in [-0.05, 0) is 51.4 Å². The lowest BCUT2D eigenvalue weighted by atomic mass is 10.1. The summed E-state index contributed by atoms with van der Waals surface area (Å²) in [5.74, 6) is 2.34. The third-order valence-electron chi connectivity index (χ3n) is 3.70. The van der Waals surface area contributed by atoms with Crippen LogP contribution in [0.1, 0.15) is 27.2 Å². The Hall–Kier alpha value is -1.42. The van der Waals surface area contributed by atoms with Crippen molar-refractivity contribution in [3.8, 4) is 11.5 Å². The van der Waals surface area contributed by atoms with Crippen LogP contribution in [0, 0.1) is 5.92 Å². The second-order valence-corrected chi connectivity index (χ2v) is 5.61. The molecule has 1 atom stereocenters. The van der Waals surface area contributed by atoms with Crippen molar-refractivity contribution < 1.29 is 9.47 Å². The van der Waals surface area contributed by atoms with Crippen molar-refractivity contribution in [2.45, 2.75) is 27.2 Å². The zero-order valence-electron chi connectivity index (χ0n) is 13.5. The van der Waals surface area contributed by atoms with Gasteiger partial charge in [-0.25, -0.2) is 0 Å². The zero-order valence-corrected chi connectivity index (χ0v) is 13.5. The maximum atomic E-state index is 5.74. The molecule has 1 fully saturated rings. The van der Waals surface area contributed by atoms with E-state index in [2.05, 4.69) is 29.3 Å². The molecule has 0 aromatic heterocycles. The Kier molecular flexibility index (Phi) is 6.18. The summed E-state index contributed by atoms with van der Waals surface area (Å²) in [5.41, 5.74) is 1.23. The van der Waals surface area contributed by atoms with Gasteiger partial charge in [0.25, 0.3) is 0 Å². The lowest BCUT2D eigenvalue weighted by molar-refractivity contribution is 0.288. The quantitative estimate of drug-likeness (QED) is 0.905. The molecule has 1 aliphatic rings. The van der Waals surface area contributed by atoms with Crippen molar-refractivity contribution in [3.63, 3.8) is 0 Å². The van der Waals surface area contributed by atoms with Crippen molar-refractivity contribution >= 4 is 5.69 Å².